The zero-order valence-corrected chi connectivity index (χ0v) is 15.8. The molecule has 1 aromatic carbocycles. The summed E-state index contributed by atoms with van der Waals surface area (Å²) in [5.74, 6) is -1.46. The molecule has 3 amide bonds. The molecule has 2 atom stereocenters. The van der Waals surface area contributed by atoms with E-state index in [0.717, 1.165) is 32.1 Å². The minimum Gasteiger partial charge on any atom is -0.449 e. The predicted molar refractivity (Wildman–Crippen MR) is 97.2 cm³/mol. The van der Waals surface area contributed by atoms with Crippen molar-refractivity contribution in [3.63, 3.8) is 0 Å². The maximum Gasteiger partial charge on any atom is 0.340 e. The second-order valence-corrected chi connectivity index (χ2v) is 7.64. The molecule has 8 heteroatoms. The van der Waals surface area contributed by atoms with Gasteiger partial charge in [0.1, 0.15) is 0 Å². The van der Waals surface area contributed by atoms with Crippen molar-refractivity contribution in [2.24, 2.45) is 0 Å². The summed E-state index contributed by atoms with van der Waals surface area (Å²) < 4.78 is 16.8. The van der Waals surface area contributed by atoms with Crippen molar-refractivity contribution in [3.8, 4) is 0 Å². The van der Waals surface area contributed by atoms with Crippen LogP contribution in [0.4, 0.5) is 4.79 Å². The number of rotatable bonds is 5. The third-order valence-corrected chi connectivity index (χ3v) is 5.22. The highest BCUT2D eigenvalue weighted by molar-refractivity contribution is 7.84. The summed E-state index contributed by atoms with van der Waals surface area (Å²) in [5, 5.41) is 4.96. The van der Waals surface area contributed by atoms with E-state index in [1.165, 1.54) is 19.2 Å². The van der Waals surface area contributed by atoms with Crippen LogP contribution in [0.5, 0.6) is 0 Å². The van der Waals surface area contributed by atoms with E-state index in [-0.39, 0.29) is 11.6 Å². The average molecular weight is 380 g/mol. The lowest BCUT2D eigenvalue weighted by molar-refractivity contribution is -0.127. The molecule has 1 saturated carbocycles. The molecule has 0 spiro atoms. The molecule has 0 radical (unpaired) electrons. The third-order valence-electron chi connectivity index (χ3n) is 4.25. The first kappa shape index (κ1) is 20.1. The number of urea groups is 1. The Hall–Kier alpha value is -2.22. The van der Waals surface area contributed by atoms with Gasteiger partial charge in [0.2, 0.25) is 0 Å². The Morgan fingerprint density at radius 3 is 2.46 bits per heavy atom. The van der Waals surface area contributed by atoms with Gasteiger partial charge in [-0.15, -0.1) is 0 Å². The van der Waals surface area contributed by atoms with E-state index in [1.807, 2.05) is 0 Å². The third kappa shape index (κ3) is 5.66. The molecule has 0 saturated heterocycles. The molecular formula is C18H24N2O5S. The van der Waals surface area contributed by atoms with Gasteiger partial charge in [-0.1, -0.05) is 31.4 Å². The van der Waals surface area contributed by atoms with E-state index in [2.05, 4.69) is 10.6 Å². The van der Waals surface area contributed by atoms with E-state index in [9.17, 15) is 18.6 Å². The molecule has 0 aliphatic heterocycles. The number of esters is 1. The van der Waals surface area contributed by atoms with Crippen LogP contribution in [-0.2, 0) is 20.3 Å². The van der Waals surface area contributed by atoms with Crippen LogP contribution in [0.25, 0.3) is 0 Å². The lowest BCUT2D eigenvalue weighted by Crippen LogP contribution is -2.48. The second kappa shape index (κ2) is 9.47. The Morgan fingerprint density at radius 1 is 1.15 bits per heavy atom. The van der Waals surface area contributed by atoms with Crippen LogP contribution in [0, 0.1) is 0 Å². The van der Waals surface area contributed by atoms with Crippen molar-refractivity contribution in [2.45, 2.75) is 56.1 Å². The SMILES string of the molecule is C[C@@H](OC(=O)c1ccccc1[S@](C)=O)C(=O)NC(=O)NC1CCCCC1. The zero-order valence-electron chi connectivity index (χ0n) is 14.9. The number of ether oxygens (including phenoxy) is 1. The number of hydrogen-bond acceptors (Lipinski definition) is 5. The highest BCUT2D eigenvalue weighted by Crippen LogP contribution is 2.17. The Balaban J connectivity index is 1.89. The van der Waals surface area contributed by atoms with Gasteiger partial charge in [-0.2, -0.15) is 0 Å². The van der Waals surface area contributed by atoms with Crippen molar-refractivity contribution < 1.29 is 23.3 Å². The zero-order chi connectivity index (χ0) is 19.1. The van der Waals surface area contributed by atoms with E-state index < -0.39 is 34.8 Å². The van der Waals surface area contributed by atoms with Gasteiger partial charge in [0.25, 0.3) is 5.91 Å². The summed E-state index contributed by atoms with van der Waals surface area (Å²) in [5.41, 5.74) is 0.139. The fourth-order valence-electron chi connectivity index (χ4n) is 2.85. The van der Waals surface area contributed by atoms with E-state index >= 15 is 0 Å². The number of carbonyl (C=O) groups excluding carboxylic acids is 3. The largest absolute Gasteiger partial charge is 0.449 e. The monoisotopic (exact) mass is 380 g/mol. The van der Waals surface area contributed by atoms with Crippen molar-refractivity contribution >= 4 is 28.7 Å². The number of benzene rings is 1. The first-order chi connectivity index (χ1) is 12.4. The molecule has 1 aliphatic carbocycles. The fourth-order valence-corrected chi connectivity index (χ4v) is 3.58. The normalized spacial score (nSPS) is 17.0. The Bertz CT molecular complexity index is 701. The lowest BCUT2D eigenvalue weighted by atomic mass is 9.96. The molecule has 1 fully saturated rings. The molecule has 7 nitrogen and oxygen atoms in total. The fraction of sp³-hybridized carbons (Fsp3) is 0.500. The maximum absolute atomic E-state index is 12.3. The summed E-state index contributed by atoms with van der Waals surface area (Å²) in [4.78, 5) is 36.6. The van der Waals surface area contributed by atoms with Gasteiger partial charge < -0.3 is 10.1 Å². The van der Waals surface area contributed by atoms with Gasteiger partial charge in [0.05, 0.1) is 21.3 Å². The van der Waals surface area contributed by atoms with Gasteiger partial charge in [0, 0.05) is 12.3 Å². The van der Waals surface area contributed by atoms with Crippen molar-refractivity contribution in [1.82, 2.24) is 10.6 Å². The van der Waals surface area contributed by atoms with E-state index in [0.29, 0.717) is 4.90 Å². The van der Waals surface area contributed by atoms with Crippen LogP contribution in [0.1, 0.15) is 49.4 Å². The molecule has 0 unspecified atom stereocenters. The minimum absolute atomic E-state index is 0.0702. The molecule has 2 rings (SSSR count). The van der Waals surface area contributed by atoms with Crippen molar-refractivity contribution in [2.75, 3.05) is 6.26 Å². The van der Waals surface area contributed by atoms with Crippen LogP contribution < -0.4 is 10.6 Å². The van der Waals surface area contributed by atoms with Gasteiger partial charge in [0.15, 0.2) is 6.10 Å². The lowest BCUT2D eigenvalue weighted by Gasteiger charge is -2.23. The number of amides is 3. The summed E-state index contributed by atoms with van der Waals surface area (Å²) in [7, 11) is -1.37. The molecule has 0 aromatic heterocycles. The topological polar surface area (TPSA) is 102 Å². The van der Waals surface area contributed by atoms with E-state index in [1.54, 1.807) is 18.2 Å². The Kier molecular flexibility index (Phi) is 7.32. The van der Waals surface area contributed by atoms with Crippen molar-refractivity contribution in [1.29, 1.82) is 0 Å². The van der Waals surface area contributed by atoms with E-state index in [4.69, 9.17) is 4.74 Å². The van der Waals surface area contributed by atoms with Crippen molar-refractivity contribution in [3.05, 3.63) is 29.8 Å². The molecule has 1 aromatic rings. The molecule has 26 heavy (non-hydrogen) atoms. The molecule has 1 aliphatic rings. The first-order valence-electron chi connectivity index (χ1n) is 8.63. The quantitative estimate of drug-likeness (QED) is 0.762. The molecular weight excluding hydrogens is 356 g/mol. The van der Waals surface area contributed by atoms with Crippen LogP contribution in [-0.4, -0.2) is 40.5 Å². The average Bonchev–Trinajstić information content (AvgIpc) is 2.62. The number of carbonyl (C=O) groups is 3. The molecule has 2 N–H and O–H groups in total. The Labute approximate surface area is 155 Å². The number of imide groups is 1. The second-order valence-electron chi connectivity index (χ2n) is 6.30. The number of hydrogen-bond donors (Lipinski definition) is 2. The number of nitrogens with one attached hydrogen (secondary N) is 2. The van der Waals surface area contributed by atoms with Crippen LogP contribution >= 0.6 is 0 Å². The Morgan fingerprint density at radius 2 is 1.81 bits per heavy atom. The summed E-state index contributed by atoms with van der Waals surface area (Å²) in [6.45, 7) is 1.38. The molecule has 0 heterocycles. The summed E-state index contributed by atoms with van der Waals surface area (Å²) in [6, 6.07) is 5.82. The molecule has 142 valence electrons. The summed E-state index contributed by atoms with van der Waals surface area (Å²) in [6.07, 6.45) is 5.39. The predicted octanol–water partition coefficient (Wildman–Crippen LogP) is 2.13. The standard InChI is InChI=1S/C18H24N2O5S/c1-12(16(21)20-18(23)19-13-8-4-3-5-9-13)25-17(22)14-10-6-7-11-15(14)26(2)24/h6-7,10-13H,3-5,8-9H2,1-2H3,(H2,19,20,21,23)/t12-,26+/m1/s1. The summed E-state index contributed by atoms with van der Waals surface area (Å²) >= 11 is 0. The highest BCUT2D eigenvalue weighted by Gasteiger charge is 2.24. The van der Waals surface area contributed by atoms with Crippen LogP contribution in [0.15, 0.2) is 29.2 Å². The van der Waals surface area contributed by atoms with Crippen LogP contribution in [0.3, 0.4) is 0 Å². The smallest absolute Gasteiger partial charge is 0.340 e. The van der Waals surface area contributed by atoms with Gasteiger partial charge in [-0.25, -0.2) is 9.59 Å². The minimum atomic E-state index is -1.37. The van der Waals surface area contributed by atoms with Gasteiger partial charge in [-0.05, 0) is 31.9 Å². The highest BCUT2D eigenvalue weighted by atomic mass is 32.2. The van der Waals surface area contributed by atoms with Gasteiger partial charge in [-0.3, -0.25) is 14.3 Å². The van der Waals surface area contributed by atoms with Crippen LogP contribution in [0.2, 0.25) is 0 Å². The first-order valence-corrected chi connectivity index (χ1v) is 10.2. The van der Waals surface area contributed by atoms with Gasteiger partial charge >= 0.3 is 12.0 Å². The maximum atomic E-state index is 12.3. The molecule has 0 bridgehead atoms.